The molecule has 104 valence electrons. The lowest BCUT2D eigenvalue weighted by atomic mass is 10.2. The second-order valence-electron chi connectivity index (χ2n) is 5.93. The third kappa shape index (κ3) is 3.44. The zero-order valence-electron chi connectivity index (χ0n) is 12.0. The van der Waals surface area contributed by atoms with Crippen molar-refractivity contribution in [3.8, 4) is 0 Å². The number of rotatable bonds is 2. The van der Waals surface area contributed by atoms with E-state index in [2.05, 4.69) is 27.7 Å². The summed E-state index contributed by atoms with van der Waals surface area (Å²) in [6.07, 6.45) is -0.230. The number of hydrogen-bond acceptors (Lipinski definition) is 3. The maximum Gasteiger partial charge on any atom is 0.411 e. The molecule has 1 fully saturated rings. The van der Waals surface area contributed by atoms with Gasteiger partial charge in [0, 0.05) is 11.3 Å². The number of benzene rings is 1. The summed E-state index contributed by atoms with van der Waals surface area (Å²) < 4.78 is 5.49. The van der Waals surface area contributed by atoms with Crippen LogP contribution in [0.3, 0.4) is 0 Å². The molecule has 1 aliphatic heterocycles. The highest BCUT2D eigenvalue weighted by molar-refractivity contribution is 8.02. The second kappa shape index (κ2) is 5.08. The molecule has 0 atom stereocenters. The fourth-order valence-corrected chi connectivity index (χ4v) is 4.21. The number of carbonyl (C=O) groups excluding carboxylic acids is 1. The van der Waals surface area contributed by atoms with Crippen molar-refractivity contribution in [1.29, 1.82) is 0 Å². The molecular weight excluding hydrogens is 258 g/mol. The van der Waals surface area contributed by atoms with Crippen LogP contribution in [0.1, 0.15) is 33.3 Å². The minimum absolute atomic E-state index is 0.0786. The lowest BCUT2D eigenvalue weighted by Gasteiger charge is -2.29. The van der Waals surface area contributed by atoms with Crippen LogP contribution in [-0.2, 0) is 11.3 Å². The minimum Gasteiger partial charge on any atom is -0.445 e. The number of thioether (sulfide) groups is 1. The Bertz CT molecular complexity index is 456. The largest absolute Gasteiger partial charge is 0.445 e. The number of nitrogens with zero attached hydrogens (tertiary/aromatic N) is 1. The van der Waals surface area contributed by atoms with Crippen molar-refractivity contribution in [2.45, 2.75) is 43.9 Å². The van der Waals surface area contributed by atoms with Crippen LogP contribution in [0.25, 0.3) is 0 Å². The topological polar surface area (TPSA) is 29.5 Å². The molecule has 0 spiro atoms. The van der Waals surface area contributed by atoms with Crippen molar-refractivity contribution in [3.63, 3.8) is 0 Å². The summed E-state index contributed by atoms with van der Waals surface area (Å²) in [6.45, 7) is 9.50. The molecule has 0 aromatic heterocycles. The van der Waals surface area contributed by atoms with Gasteiger partial charge >= 0.3 is 6.09 Å². The number of amides is 1. The van der Waals surface area contributed by atoms with Crippen molar-refractivity contribution < 1.29 is 9.53 Å². The Labute approximate surface area is 119 Å². The van der Waals surface area contributed by atoms with Gasteiger partial charge in [-0.1, -0.05) is 30.3 Å². The fraction of sp³-hybridized carbons (Fsp3) is 0.533. The van der Waals surface area contributed by atoms with Crippen molar-refractivity contribution in [3.05, 3.63) is 35.9 Å². The Balaban J connectivity index is 1.97. The normalized spacial score (nSPS) is 20.3. The zero-order valence-corrected chi connectivity index (χ0v) is 12.8. The summed E-state index contributed by atoms with van der Waals surface area (Å²) in [4.78, 5) is 13.8. The van der Waals surface area contributed by atoms with Gasteiger partial charge in [0.05, 0.1) is 4.87 Å². The van der Waals surface area contributed by atoms with Gasteiger partial charge in [-0.05, 0) is 33.3 Å². The van der Waals surface area contributed by atoms with Gasteiger partial charge in [-0.15, -0.1) is 11.8 Å². The van der Waals surface area contributed by atoms with E-state index < -0.39 is 0 Å². The Kier molecular flexibility index (Phi) is 3.81. The molecule has 19 heavy (non-hydrogen) atoms. The van der Waals surface area contributed by atoms with E-state index in [9.17, 15) is 4.79 Å². The van der Waals surface area contributed by atoms with Crippen LogP contribution in [0.5, 0.6) is 0 Å². The quantitative estimate of drug-likeness (QED) is 0.822. The summed E-state index contributed by atoms with van der Waals surface area (Å²) in [7, 11) is 0. The average molecular weight is 279 g/mol. The molecule has 3 nitrogen and oxygen atoms in total. The maximum absolute atomic E-state index is 12.2. The van der Waals surface area contributed by atoms with Gasteiger partial charge in [0.1, 0.15) is 6.61 Å². The number of hydrogen-bond donors (Lipinski definition) is 0. The van der Waals surface area contributed by atoms with Gasteiger partial charge in [0.2, 0.25) is 0 Å². The highest BCUT2D eigenvalue weighted by Gasteiger charge is 2.46. The Hall–Kier alpha value is -1.16. The van der Waals surface area contributed by atoms with E-state index in [-0.39, 0.29) is 15.7 Å². The maximum atomic E-state index is 12.2. The van der Waals surface area contributed by atoms with E-state index in [4.69, 9.17) is 4.74 Å². The van der Waals surface area contributed by atoms with Crippen molar-refractivity contribution in [2.75, 3.05) is 6.54 Å². The van der Waals surface area contributed by atoms with Crippen LogP contribution in [0.4, 0.5) is 4.79 Å². The number of carbonyl (C=O) groups is 1. The minimum atomic E-state index is -0.230. The van der Waals surface area contributed by atoms with Crippen LogP contribution < -0.4 is 0 Å². The van der Waals surface area contributed by atoms with Crippen molar-refractivity contribution >= 4 is 17.9 Å². The first-order valence-electron chi connectivity index (χ1n) is 6.49. The molecule has 1 heterocycles. The van der Waals surface area contributed by atoms with Crippen molar-refractivity contribution in [1.82, 2.24) is 4.90 Å². The molecule has 1 aliphatic rings. The third-order valence-corrected chi connectivity index (χ3v) is 4.54. The standard InChI is InChI=1S/C15H21NO2S/c1-14(2)11-16(15(3,4)19-14)13(17)18-10-12-8-6-5-7-9-12/h5-9H,10-11H2,1-4H3. The summed E-state index contributed by atoms with van der Waals surface area (Å²) in [5, 5.41) is 0. The predicted octanol–water partition coefficient (Wildman–Crippen LogP) is 3.89. The van der Waals surface area contributed by atoms with E-state index in [1.807, 2.05) is 47.0 Å². The van der Waals surface area contributed by atoms with E-state index >= 15 is 0 Å². The van der Waals surface area contributed by atoms with E-state index in [0.717, 1.165) is 12.1 Å². The summed E-state index contributed by atoms with van der Waals surface area (Å²) in [5.41, 5.74) is 1.01. The monoisotopic (exact) mass is 279 g/mol. The molecule has 0 bridgehead atoms. The summed E-state index contributed by atoms with van der Waals surface area (Å²) in [5.74, 6) is 0. The first-order chi connectivity index (χ1) is 8.80. The molecular formula is C15H21NO2S. The molecule has 1 saturated heterocycles. The van der Waals surface area contributed by atoms with Crippen LogP contribution in [0, 0.1) is 0 Å². The SMILES string of the molecule is CC1(C)CN(C(=O)OCc2ccccc2)C(C)(C)S1. The van der Waals surface area contributed by atoms with Gasteiger partial charge < -0.3 is 4.74 Å². The molecule has 0 saturated carbocycles. The highest BCUT2D eigenvalue weighted by Crippen LogP contribution is 2.46. The molecule has 0 unspecified atom stereocenters. The van der Waals surface area contributed by atoms with Gasteiger partial charge in [0.25, 0.3) is 0 Å². The van der Waals surface area contributed by atoms with E-state index in [1.165, 1.54) is 0 Å². The van der Waals surface area contributed by atoms with Crippen LogP contribution >= 0.6 is 11.8 Å². The lowest BCUT2D eigenvalue weighted by Crippen LogP contribution is -2.42. The van der Waals surface area contributed by atoms with Gasteiger partial charge in [-0.3, -0.25) is 4.90 Å². The molecule has 2 rings (SSSR count). The first kappa shape index (κ1) is 14.3. The molecule has 1 amide bonds. The smallest absolute Gasteiger partial charge is 0.411 e. The molecule has 0 N–H and O–H groups in total. The van der Waals surface area contributed by atoms with Gasteiger partial charge in [-0.2, -0.15) is 0 Å². The fourth-order valence-electron chi connectivity index (χ4n) is 2.42. The zero-order chi connectivity index (χ0) is 14.1. The Morgan fingerprint density at radius 1 is 1.26 bits per heavy atom. The molecule has 1 aromatic rings. The van der Waals surface area contributed by atoms with Crippen molar-refractivity contribution in [2.24, 2.45) is 0 Å². The van der Waals surface area contributed by atoms with Gasteiger partial charge in [0.15, 0.2) is 0 Å². The Morgan fingerprint density at radius 2 is 1.89 bits per heavy atom. The van der Waals surface area contributed by atoms with Crippen LogP contribution in [0.15, 0.2) is 30.3 Å². The first-order valence-corrected chi connectivity index (χ1v) is 7.30. The second-order valence-corrected chi connectivity index (χ2v) is 8.24. The molecule has 0 aliphatic carbocycles. The van der Waals surface area contributed by atoms with Gasteiger partial charge in [-0.25, -0.2) is 4.79 Å². The third-order valence-electron chi connectivity index (χ3n) is 3.14. The predicted molar refractivity (Wildman–Crippen MR) is 79.1 cm³/mol. The van der Waals surface area contributed by atoms with Crippen LogP contribution in [-0.4, -0.2) is 27.2 Å². The molecule has 1 aromatic carbocycles. The van der Waals surface area contributed by atoms with E-state index in [1.54, 1.807) is 0 Å². The highest BCUT2D eigenvalue weighted by atomic mass is 32.2. The summed E-state index contributed by atoms with van der Waals surface area (Å²) >= 11 is 1.81. The average Bonchev–Trinajstić information content (AvgIpc) is 2.56. The molecule has 0 radical (unpaired) electrons. The lowest BCUT2D eigenvalue weighted by molar-refractivity contribution is 0.0827. The molecule has 4 heteroatoms. The Morgan fingerprint density at radius 3 is 2.42 bits per heavy atom. The van der Waals surface area contributed by atoms with Crippen LogP contribution in [0.2, 0.25) is 0 Å². The van der Waals surface area contributed by atoms with E-state index in [0.29, 0.717) is 6.61 Å². The summed E-state index contributed by atoms with van der Waals surface area (Å²) in [6, 6.07) is 9.76. The number of ether oxygens (including phenoxy) is 1.